The first-order chi connectivity index (χ1) is 7.88. The molecule has 0 bridgehead atoms. The van der Waals surface area contributed by atoms with Crippen molar-refractivity contribution in [2.45, 2.75) is 10.9 Å². The lowest BCUT2D eigenvalue weighted by Gasteiger charge is -1.92. The van der Waals surface area contributed by atoms with Crippen molar-refractivity contribution in [2.24, 2.45) is 5.73 Å². The zero-order chi connectivity index (χ0) is 11.2. The zero-order valence-electron chi connectivity index (χ0n) is 8.43. The molecule has 0 saturated carbocycles. The fourth-order valence-corrected chi connectivity index (χ4v) is 2.77. The van der Waals surface area contributed by atoms with Crippen LogP contribution in [0.15, 0.2) is 23.6 Å². The third kappa shape index (κ3) is 3.10. The van der Waals surface area contributed by atoms with Crippen LogP contribution in [-0.2, 0) is 5.75 Å². The molecule has 6 heteroatoms. The van der Waals surface area contributed by atoms with Crippen molar-refractivity contribution in [2.75, 3.05) is 6.54 Å². The highest BCUT2D eigenvalue weighted by molar-refractivity contribution is 7.98. The van der Waals surface area contributed by atoms with Crippen LogP contribution < -0.4 is 5.73 Å². The highest BCUT2D eigenvalue weighted by Gasteiger charge is 2.01. The molecule has 0 aliphatic heterocycles. The van der Waals surface area contributed by atoms with Gasteiger partial charge in [-0.2, -0.15) is 5.10 Å². The lowest BCUT2D eigenvalue weighted by molar-refractivity contribution is 0.973. The molecule has 0 aliphatic carbocycles. The molecule has 0 atom stereocenters. The van der Waals surface area contributed by atoms with Gasteiger partial charge in [0.25, 0.3) is 0 Å². The maximum atomic E-state index is 5.31. The molecule has 0 saturated heterocycles. The SMILES string of the molecule is NCC#Cc1ccc(CSc2ncn[nH]2)s1. The van der Waals surface area contributed by atoms with Crippen molar-refractivity contribution < 1.29 is 0 Å². The molecule has 0 radical (unpaired) electrons. The number of hydrogen-bond acceptors (Lipinski definition) is 5. The Morgan fingerprint density at radius 2 is 2.44 bits per heavy atom. The Morgan fingerprint density at radius 3 is 3.19 bits per heavy atom. The van der Waals surface area contributed by atoms with Crippen LogP contribution in [0.5, 0.6) is 0 Å². The summed E-state index contributed by atoms with van der Waals surface area (Å²) in [6.45, 7) is 0.403. The normalized spacial score (nSPS) is 9.81. The van der Waals surface area contributed by atoms with E-state index in [-0.39, 0.29) is 0 Å². The van der Waals surface area contributed by atoms with Crippen LogP contribution in [0.4, 0.5) is 0 Å². The smallest absolute Gasteiger partial charge is 0.183 e. The van der Waals surface area contributed by atoms with Gasteiger partial charge < -0.3 is 5.73 Å². The Labute approximate surface area is 102 Å². The van der Waals surface area contributed by atoms with E-state index in [1.807, 2.05) is 6.07 Å². The lowest BCUT2D eigenvalue weighted by atomic mass is 10.4. The Morgan fingerprint density at radius 1 is 1.50 bits per heavy atom. The van der Waals surface area contributed by atoms with Crippen LogP contribution in [-0.4, -0.2) is 21.7 Å². The lowest BCUT2D eigenvalue weighted by Crippen LogP contribution is -1.92. The van der Waals surface area contributed by atoms with Crippen LogP contribution >= 0.6 is 23.1 Å². The highest BCUT2D eigenvalue weighted by atomic mass is 32.2. The average Bonchev–Trinajstić information content (AvgIpc) is 2.95. The van der Waals surface area contributed by atoms with Gasteiger partial charge in [0, 0.05) is 10.6 Å². The average molecular weight is 250 g/mol. The summed E-state index contributed by atoms with van der Waals surface area (Å²) in [5, 5.41) is 7.44. The first-order valence-electron chi connectivity index (χ1n) is 4.64. The number of aromatic amines is 1. The summed E-state index contributed by atoms with van der Waals surface area (Å²) >= 11 is 3.31. The second kappa shape index (κ2) is 5.70. The molecule has 82 valence electrons. The molecule has 4 nitrogen and oxygen atoms in total. The zero-order valence-corrected chi connectivity index (χ0v) is 10.1. The molecule has 0 aliphatic rings. The third-order valence-electron chi connectivity index (χ3n) is 1.72. The second-order valence-corrected chi connectivity index (χ2v) is 4.98. The predicted molar refractivity (Wildman–Crippen MR) is 66.2 cm³/mol. The van der Waals surface area contributed by atoms with Gasteiger partial charge in [0.2, 0.25) is 0 Å². The predicted octanol–water partition coefficient (Wildman–Crippen LogP) is 1.47. The van der Waals surface area contributed by atoms with Crippen LogP contribution in [0.25, 0.3) is 0 Å². The topological polar surface area (TPSA) is 67.6 Å². The molecule has 2 heterocycles. The highest BCUT2D eigenvalue weighted by Crippen LogP contribution is 2.23. The van der Waals surface area contributed by atoms with E-state index in [4.69, 9.17) is 5.73 Å². The van der Waals surface area contributed by atoms with Crippen LogP contribution in [0.3, 0.4) is 0 Å². The van der Waals surface area contributed by atoms with E-state index in [0.717, 1.165) is 15.8 Å². The minimum Gasteiger partial charge on any atom is -0.320 e. The second-order valence-electron chi connectivity index (χ2n) is 2.85. The Bertz CT molecular complexity index is 492. The van der Waals surface area contributed by atoms with E-state index in [0.29, 0.717) is 6.54 Å². The number of nitrogens with zero attached hydrogens (tertiary/aromatic N) is 2. The van der Waals surface area contributed by atoms with Gasteiger partial charge in [-0.25, -0.2) is 4.98 Å². The Balaban J connectivity index is 1.93. The minimum atomic E-state index is 0.403. The monoisotopic (exact) mass is 250 g/mol. The molecule has 2 aromatic rings. The number of aromatic nitrogens is 3. The Kier molecular flexibility index (Phi) is 3.99. The number of nitrogens with two attached hydrogens (primary N) is 1. The van der Waals surface area contributed by atoms with Gasteiger partial charge in [0.05, 0.1) is 11.4 Å². The fourth-order valence-electron chi connectivity index (χ4n) is 1.06. The van der Waals surface area contributed by atoms with Gasteiger partial charge in [-0.3, -0.25) is 5.10 Å². The summed E-state index contributed by atoms with van der Waals surface area (Å²) in [6.07, 6.45) is 1.51. The Hall–Kier alpha value is -1.29. The molecule has 0 spiro atoms. The van der Waals surface area contributed by atoms with Gasteiger partial charge in [-0.05, 0) is 12.1 Å². The number of rotatable bonds is 3. The van der Waals surface area contributed by atoms with E-state index in [1.54, 1.807) is 23.1 Å². The van der Waals surface area contributed by atoms with Crippen molar-refractivity contribution >= 4 is 23.1 Å². The third-order valence-corrected chi connectivity index (χ3v) is 3.83. The minimum absolute atomic E-state index is 0.403. The van der Waals surface area contributed by atoms with E-state index in [9.17, 15) is 0 Å². The molecular weight excluding hydrogens is 240 g/mol. The number of nitrogens with one attached hydrogen (secondary N) is 1. The molecule has 0 amide bonds. The summed E-state index contributed by atoms with van der Waals surface area (Å²) in [6, 6.07) is 4.10. The molecular formula is C10H10N4S2. The first-order valence-corrected chi connectivity index (χ1v) is 6.44. The van der Waals surface area contributed by atoms with Gasteiger partial charge in [0.1, 0.15) is 6.33 Å². The number of thiophene rings is 1. The van der Waals surface area contributed by atoms with Gasteiger partial charge in [-0.15, -0.1) is 11.3 Å². The van der Waals surface area contributed by atoms with Crippen molar-refractivity contribution in [1.82, 2.24) is 15.2 Å². The summed E-state index contributed by atoms with van der Waals surface area (Å²) in [5.41, 5.74) is 5.31. The summed E-state index contributed by atoms with van der Waals surface area (Å²) < 4.78 is 0. The number of thioether (sulfide) groups is 1. The van der Waals surface area contributed by atoms with Crippen molar-refractivity contribution in [3.05, 3.63) is 28.2 Å². The largest absolute Gasteiger partial charge is 0.320 e. The van der Waals surface area contributed by atoms with Crippen molar-refractivity contribution in [3.63, 3.8) is 0 Å². The van der Waals surface area contributed by atoms with Crippen molar-refractivity contribution in [3.8, 4) is 11.8 Å². The summed E-state index contributed by atoms with van der Waals surface area (Å²) in [7, 11) is 0. The van der Waals surface area contributed by atoms with Crippen molar-refractivity contribution in [1.29, 1.82) is 0 Å². The summed E-state index contributed by atoms with van der Waals surface area (Å²) in [5.74, 6) is 6.74. The van der Waals surface area contributed by atoms with Gasteiger partial charge in [0.15, 0.2) is 5.16 Å². The van der Waals surface area contributed by atoms with Crippen LogP contribution in [0, 0.1) is 11.8 Å². The fraction of sp³-hybridized carbons (Fsp3) is 0.200. The van der Waals surface area contributed by atoms with E-state index in [1.165, 1.54) is 11.2 Å². The summed E-state index contributed by atoms with van der Waals surface area (Å²) in [4.78, 5) is 6.36. The maximum absolute atomic E-state index is 5.31. The van der Waals surface area contributed by atoms with E-state index in [2.05, 4.69) is 33.1 Å². The number of H-pyrrole nitrogens is 1. The van der Waals surface area contributed by atoms with Gasteiger partial charge >= 0.3 is 0 Å². The quantitative estimate of drug-likeness (QED) is 0.639. The number of hydrogen-bond donors (Lipinski definition) is 2. The maximum Gasteiger partial charge on any atom is 0.183 e. The van der Waals surface area contributed by atoms with Gasteiger partial charge in [-0.1, -0.05) is 23.6 Å². The van der Waals surface area contributed by atoms with Crippen LogP contribution in [0.1, 0.15) is 9.75 Å². The van der Waals surface area contributed by atoms with Crippen LogP contribution in [0.2, 0.25) is 0 Å². The molecule has 16 heavy (non-hydrogen) atoms. The standard InChI is InChI=1S/C10H10N4S2/c11-5-1-2-8-3-4-9(16-8)6-15-10-12-7-13-14-10/h3-4,7H,5-6,11H2,(H,12,13,14). The molecule has 0 fully saturated rings. The molecule has 2 aromatic heterocycles. The molecule has 2 rings (SSSR count). The molecule has 3 N–H and O–H groups in total. The molecule has 0 aromatic carbocycles. The first kappa shape index (κ1) is 11.2. The van der Waals surface area contributed by atoms with E-state index < -0.39 is 0 Å². The molecule has 0 unspecified atom stereocenters. The van der Waals surface area contributed by atoms with E-state index >= 15 is 0 Å².